The zero-order valence-corrected chi connectivity index (χ0v) is 16.1. The van der Waals surface area contributed by atoms with Gasteiger partial charge in [-0.15, -0.1) is 13.2 Å². The second-order valence-corrected chi connectivity index (χ2v) is 7.62. The number of aryl methyl sites for hydroxylation is 1. The van der Waals surface area contributed by atoms with Crippen LogP contribution in [0.1, 0.15) is 36.8 Å². The smallest absolute Gasteiger partial charge is 0.406 e. The largest absolute Gasteiger partial charge is 0.573 e. The van der Waals surface area contributed by atoms with Crippen LogP contribution in [-0.2, 0) is 4.79 Å². The molecular formula is C20H21F3N4O2. The van der Waals surface area contributed by atoms with Crippen LogP contribution in [0.4, 0.5) is 13.2 Å². The summed E-state index contributed by atoms with van der Waals surface area (Å²) in [6.45, 7) is 2.52. The zero-order valence-electron chi connectivity index (χ0n) is 16.1. The van der Waals surface area contributed by atoms with Crippen LogP contribution < -0.4 is 10.1 Å². The van der Waals surface area contributed by atoms with Crippen LogP contribution in [0.25, 0.3) is 11.3 Å². The van der Waals surface area contributed by atoms with Gasteiger partial charge in [0.1, 0.15) is 17.1 Å². The number of hydrogen-bond donors (Lipinski definition) is 1. The Hall–Kier alpha value is -2.68. The van der Waals surface area contributed by atoms with Crippen LogP contribution in [0.2, 0.25) is 0 Å². The molecule has 2 saturated heterocycles. The number of amides is 1. The van der Waals surface area contributed by atoms with Gasteiger partial charge in [-0.1, -0.05) is 12.1 Å². The van der Waals surface area contributed by atoms with Crippen molar-refractivity contribution in [2.45, 2.75) is 44.1 Å². The Labute approximate surface area is 166 Å². The Morgan fingerprint density at radius 3 is 2.72 bits per heavy atom. The summed E-state index contributed by atoms with van der Waals surface area (Å²) in [6, 6.07) is 7.25. The maximum Gasteiger partial charge on any atom is 0.573 e. The van der Waals surface area contributed by atoms with E-state index in [1.165, 1.54) is 18.2 Å². The van der Waals surface area contributed by atoms with E-state index in [9.17, 15) is 18.0 Å². The molecule has 1 aromatic heterocycles. The molecule has 2 aliphatic rings. The highest BCUT2D eigenvalue weighted by molar-refractivity contribution is 5.88. The monoisotopic (exact) mass is 406 g/mol. The number of benzene rings is 1. The summed E-state index contributed by atoms with van der Waals surface area (Å²) in [5.41, 5.74) is 1.15. The molecule has 0 saturated carbocycles. The van der Waals surface area contributed by atoms with Crippen LogP contribution in [0.15, 0.2) is 30.3 Å². The number of hydrogen-bond acceptors (Lipinski definition) is 5. The fraction of sp³-hybridized carbons (Fsp3) is 0.450. The normalized spacial score (nSPS) is 24.5. The minimum absolute atomic E-state index is 0.0878. The molecule has 1 N–H and O–H groups in total. The zero-order chi connectivity index (χ0) is 20.8. The van der Waals surface area contributed by atoms with E-state index in [1.54, 1.807) is 24.1 Å². The molecule has 1 aromatic carbocycles. The van der Waals surface area contributed by atoms with E-state index in [2.05, 4.69) is 20.0 Å². The van der Waals surface area contributed by atoms with Gasteiger partial charge in [-0.25, -0.2) is 9.97 Å². The first-order valence-corrected chi connectivity index (χ1v) is 9.40. The van der Waals surface area contributed by atoms with Crippen molar-refractivity contribution in [3.63, 3.8) is 0 Å². The molecule has 154 valence electrons. The summed E-state index contributed by atoms with van der Waals surface area (Å²) >= 11 is 0. The number of nitrogens with zero attached hydrogens (tertiary/aromatic N) is 3. The van der Waals surface area contributed by atoms with Crippen molar-refractivity contribution in [2.24, 2.45) is 0 Å². The van der Waals surface area contributed by atoms with Crippen molar-refractivity contribution in [3.05, 3.63) is 41.9 Å². The molecule has 0 radical (unpaired) electrons. The molecule has 0 aliphatic carbocycles. The molecule has 1 spiro atoms. The molecule has 4 rings (SSSR count). The van der Waals surface area contributed by atoms with E-state index < -0.39 is 11.9 Å². The minimum atomic E-state index is -4.76. The minimum Gasteiger partial charge on any atom is -0.406 e. The number of halogens is 3. The van der Waals surface area contributed by atoms with Gasteiger partial charge in [0.25, 0.3) is 0 Å². The summed E-state index contributed by atoms with van der Waals surface area (Å²) in [5, 5.41) is 3.42. The van der Waals surface area contributed by atoms with Crippen molar-refractivity contribution in [3.8, 4) is 17.0 Å². The van der Waals surface area contributed by atoms with Gasteiger partial charge < -0.3 is 9.64 Å². The number of aromatic nitrogens is 2. The number of carbonyl (C=O) groups excluding carboxylic acids is 1. The molecule has 29 heavy (non-hydrogen) atoms. The summed E-state index contributed by atoms with van der Waals surface area (Å²) in [6.07, 6.45) is -2.58. The van der Waals surface area contributed by atoms with Gasteiger partial charge in [-0.3, -0.25) is 10.1 Å². The molecule has 1 amide bonds. The van der Waals surface area contributed by atoms with E-state index in [0.29, 0.717) is 35.7 Å². The molecule has 2 atom stereocenters. The predicted molar refractivity (Wildman–Crippen MR) is 99.0 cm³/mol. The Balaban J connectivity index is 1.61. The number of likely N-dealkylation sites (N-methyl/N-ethyl adjacent to an activating group) is 1. The second kappa shape index (κ2) is 6.98. The highest BCUT2D eigenvalue weighted by atomic mass is 19.4. The van der Waals surface area contributed by atoms with E-state index in [-0.39, 0.29) is 17.7 Å². The first kappa shape index (κ1) is 19.6. The first-order chi connectivity index (χ1) is 13.7. The lowest BCUT2D eigenvalue weighted by Crippen LogP contribution is -2.47. The first-order valence-electron chi connectivity index (χ1n) is 9.40. The van der Waals surface area contributed by atoms with Crippen molar-refractivity contribution >= 4 is 5.91 Å². The number of rotatable bonds is 3. The van der Waals surface area contributed by atoms with Gasteiger partial charge in [0.2, 0.25) is 5.91 Å². The highest BCUT2D eigenvalue weighted by Crippen LogP contribution is 2.38. The maximum atomic E-state index is 12.5. The van der Waals surface area contributed by atoms with E-state index in [0.717, 1.165) is 12.8 Å². The Bertz CT molecular complexity index is 950. The molecule has 0 unspecified atom stereocenters. The lowest BCUT2D eigenvalue weighted by molar-refractivity contribution is -0.274. The third-order valence-electron chi connectivity index (χ3n) is 5.49. The number of alkyl halides is 3. The molecule has 2 aromatic rings. The van der Waals surface area contributed by atoms with Gasteiger partial charge in [-0.2, -0.15) is 0 Å². The lowest BCUT2D eigenvalue weighted by Gasteiger charge is -2.23. The topological polar surface area (TPSA) is 67.3 Å². The molecule has 3 heterocycles. The van der Waals surface area contributed by atoms with E-state index >= 15 is 0 Å². The summed E-state index contributed by atoms with van der Waals surface area (Å²) in [7, 11) is 1.80. The number of likely N-dealkylation sites (tertiary alicyclic amines) is 1. The number of ether oxygens (including phenoxy) is 1. The Morgan fingerprint density at radius 2 is 2.03 bits per heavy atom. The van der Waals surface area contributed by atoms with E-state index in [4.69, 9.17) is 0 Å². The molecule has 2 aliphatic heterocycles. The van der Waals surface area contributed by atoms with Gasteiger partial charge in [0.15, 0.2) is 0 Å². The van der Waals surface area contributed by atoms with Gasteiger partial charge >= 0.3 is 6.36 Å². The molecule has 6 nitrogen and oxygen atoms in total. The van der Waals surface area contributed by atoms with Crippen molar-refractivity contribution < 1.29 is 22.7 Å². The summed E-state index contributed by atoms with van der Waals surface area (Å²) in [5.74, 6) is 0.330. The van der Waals surface area contributed by atoms with Gasteiger partial charge in [0.05, 0.1) is 11.7 Å². The second-order valence-electron chi connectivity index (χ2n) is 7.62. The highest BCUT2D eigenvalue weighted by Gasteiger charge is 2.50. The van der Waals surface area contributed by atoms with Gasteiger partial charge in [0, 0.05) is 24.8 Å². The van der Waals surface area contributed by atoms with Crippen molar-refractivity contribution in [1.82, 2.24) is 20.2 Å². The van der Waals surface area contributed by atoms with Crippen LogP contribution in [0, 0.1) is 6.92 Å². The molecule has 9 heteroatoms. The van der Waals surface area contributed by atoms with Crippen LogP contribution in [-0.4, -0.2) is 46.3 Å². The van der Waals surface area contributed by atoms with Crippen LogP contribution in [0.5, 0.6) is 5.75 Å². The average Bonchev–Trinajstić information content (AvgIpc) is 3.20. The molecule has 0 bridgehead atoms. The van der Waals surface area contributed by atoms with Crippen LogP contribution in [0.3, 0.4) is 0 Å². The third-order valence-corrected chi connectivity index (χ3v) is 5.49. The fourth-order valence-electron chi connectivity index (χ4n) is 4.11. The summed E-state index contributed by atoms with van der Waals surface area (Å²) < 4.78 is 41.6. The Kier molecular flexibility index (Phi) is 4.72. The standard InChI is InChI=1S/C20H21F3N4O2/c1-12-10-16(13-4-3-5-14(11-13)29-20(21,22)23)25-17(24-12)15-6-7-19(26-15)8-9-27(2)18(19)28/h3-5,10-11,15,26H,6-9H2,1-2H3/t15-,19-/m0/s1. The quantitative estimate of drug-likeness (QED) is 0.847. The number of nitrogens with one attached hydrogen (secondary N) is 1. The van der Waals surface area contributed by atoms with Crippen molar-refractivity contribution in [2.75, 3.05) is 13.6 Å². The third kappa shape index (κ3) is 3.91. The van der Waals surface area contributed by atoms with Gasteiger partial charge in [-0.05, 0) is 44.4 Å². The summed E-state index contributed by atoms with van der Waals surface area (Å²) in [4.78, 5) is 23.4. The predicted octanol–water partition coefficient (Wildman–Crippen LogP) is 3.38. The Morgan fingerprint density at radius 1 is 1.24 bits per heavy atom. The molecular weight excluding hydrogens is 385 g/mol. The molecule has 2 fully saturated rings. The number of carbonyl (C=O) groups is 1. The maximum absolute atomic E-state index is 12.5. The lowest BCUT2D eigenvalue weighted by atomic mass is 9.96. The SMILES string of the molecule is Cc1cc(-c2cccc(OC(F)(F)F)c2)nc([C@@H]2CC[C@@]3(CCN(C)C3=O)N2)n1. The fourth-order valence-corrected chi connectivity index (χ4v) is 4.11. The average molecular weight is 406 g/mol. The van der Waals surface area contributed by atoms with Crippen molar-refractivity contribution in [1.29, 1.82) is 0 Å². The van der Waals surface area contributed by atoms with E-state index in [1.807, 2.05) is 6.92 Å². The van der Waals surface area contributed by atoms with Crippen LogP contribution >= 0.6 is 0 Å².